The summed E-state index contributed by atoms with van der Waals surface area (Å²) in [5.41, 5.74) is 4.82. The van der Waals surface area contributed by atoms with Crippen LogP contribution in [0.2, 0.25) is 0 Å². The fourth-order valence-corrected chi connectivity index (χ4v) is 2.72. The maximum atomic E-state index is 4.76. The molecule has 0 aliphatic rings. The van der Waals surface area contributed by atoms with Crippen LogP contribution in [0.4, 0.5) is 5.82 Å². The summed E-state index contributed by atoms with van der Waals surface area (Å²) < 4.78 is 0. The third kappa shape index (κ3) is 2.75. The molecule has 1 unspecified atom stereocenters. The second-order valence-corrected chi connectivity index (χ2v) is 5.57. The van der Waals surface area contributed by atoms with Crippen LogP contribution in [-0.4, -0.2) is 4.98 Å². The summed E-state index contributed by atoms with van der Waals surface area (Å²) in [7, 11) is 0. The third-order valence-corrected chi connectivity index (χ3v) is 3.92. The summed E-state index contributed by atoms with van der Waals surface area (Å²) in [5.74, 6) is 0.962. The Kier molecular flexibility index (Phi) is 3.61. The maximum absolute atomic E-state index is 4.76. The number of aryl methyl sites for hydroxylation is 2. The molecule has 0 aliphatic carbocycles. The number of rotatable bonds is 3. The standard InChI is InChI=1S/C19H20N2/c1-13-8-4-6-10-17(13)15(3)20-19-14(2)12-16-9-5-7-11-18(16)21-19/h4-12,15H,1-3H3,(H,20,21). The molecule has 0 saturated heterocycles. The van der Waals surface area contributed by atoms with Crippen LogP contribution in [-0.2, 0) is 0 Å². The average Bonchev–Trinajstić information content (AvgIpc) is 2.48. The lowest BCUT2D eigenvalue weighted by molar-refractivity contribution is 0.864. The van der Waals surface area contributed by atoms with Crippen LogP contribution < -0.4 is 5.32 Å². The van der Waals surface area contributed by atoms with E-state index in [1.807, 2.05) is 12.1 Å². The van der Waals surface area contributed by atoms with Gasteiger partial charge >= 0.3 is 0 Å². The van der Waals surface area contributed by atoms with E-state index in [1.54, 1.807) is 0 Å². The largest absolute Gasteiger partial charge is 0.363 e. The highest BCUT2D eigenvalue weighted by Gasteiger charge is 2.10. The van der Waals surface area contributed by atoms with Gasteiger partial charge in [0.25, 0.3) is 0 Å². The first kappa shape index (κ1) is 13.6. The van der Waals surface area contributed by atoms with Crippen LogP contribution >= 0.6 is 0 Å². The molecule has 2 nitrogen and oxygen atoms in total. The van der Waals surface area contributed by atoms with Gasteiger partial charge < -0.3 is 5.32 Å². The topological polar surface area (TPSA) is 24.9 Å². The van der Waals surface area contributed by atoms with E-state index >= 15 is 0 Å². The quantitative estimate of drug-likeness (QED) is 0.726. The molecule has 2 aromatic carbocycles. The summed E-state index contributed by atoms with van der Waals surface area (Å²) in [6.07, 6.45) is 0. The predicted octanol–water partition coefficient (Wildman–Crippen LogP) is 5.02. The van der Waals surface area contributed by atoms with Gasteiger partial charge in [0, 0.05) is 5.39 Å². The molecule has 1 atom stereocenters. The van der Waals surface area contributed by atoms with Gasteiger partial charge in [-0.15, -0.1) is 0 Å². The number of pyridine rings is 1. The van der Waals surface area contributed by atoms with E-state index in [4.69, 9.17) is 4.98 Å². The van der Waals surface area contributed by atoms with Crippen molar-refractivity contribution in [3.63, 3.8) is 0 Å². The zero-order chi connectivity index (χ0) is 14.8. The van der Waals surface area contributed by atoms with Gasteiger partial charge in [0.05, 0.1) is 11.6 Å². The summed E-state index contributed by atoms with van der Waals surface area (Å²) in [5, 5.41) is 4.73. The van der Waals surface area contributed by atoms with Crippen LogP contribution in [0.1, 0.15) is 29.7 Å². The number of aromatic nitrogens is 1. The molecule has 21 heavy (non-hydrogen) atoms. The Morgan fingerprint density at radius 2 is 1.62 bits per heavy atom. The zero-order valence-electron chi connectivity index (χ0n) is 12.7. The molecule has 1 N–H and O–H groups in total. The van der Waals surface area contributed by atoms with E-state index in [0.29, 0.717) is 0 Å². The van der Waals surface area contributed by atoms with Crippen LogP contribution in [0.5, 0.6) is 0 Å². The van der Waals surface area contributed by atoms with Gasteiger partial charge in [-0.25, -0.2) is 4.98 Å². The Bertz CT molecular complexity index is 777. The summed E-state index contributed by atoms with van der Waals surface area (Å²) in [6.45, 7) is 6.43. The highest BCUT2D eigenvalue weighted by Crippen LogP contribution is 2.25. The van der Waals surface area contributed by atoms with Gasteiger partial charge in [0.1, 0.15) is 5.82 Å². The van der Waals surface area contributed by atoms with Gasteiger partial charge in [-0.2, -0.15) is 0 Å². The van der Waals surface area contributed by atoms with E-state index in [0.717, 1.165) is 11.3 Å². The number of para-hydroxylation sites is 1. The highest BCUT2D eigenvalue weighted by atomic mass is 15.0. The molecule has 3 rings (SSSR count). The minimum Gasteiger partial charge on any atom is -0.363 e. The molecule has 0 saturated carbocycles. The molecule has 1 aromatic heterocycles. The van der Waals surface area contributed by atoms with Crippen molar-refractivity contribution in [2.45, 2.75) is 26.8 Å². The van der Waals surface area contributed by atoms with Crippen molar-refractivity contribution >= 4 is 16.7 Å². The van der Waals surface area contributed by atoms with Crippen molar-refractivity contribution in [2.24, 2.45) is 0 Å². The fourth-order valence-electron chi connectivity index (χ4n) is 2.72. The summed E-state index contributed by atoms with van der Waals surface area (Å²) >= 11 is 0. The van der Waals surface area contributed by atoms with Gasteiger partial charge in [-0.1, -0.05) is 42.5 Å². The first-order chi connectivity index (χ1) is 10.1. The van der Waals surface area contributed by atoms with Crippen molar-refractivity contribution in [1.29, 1.82) is 0 Å². The molecule has 0 aliphatic heterocycles. The number of nitrogens with zero attached hydrogens (tertiary/aromatic N) is 1. The van der Waals surface area contributed by atoms with E-state index < -0.39 is 0 Å². The second-order valence-electron chi connectivity index (χ2n) is 5.57. The molecule has 0 spiro atoms. The number of anilines is 1. The van der Waals surface area contributed by atoms with Crippen LogP contribution in [0.3, 0.4) is 0 Å². The first-order valence-electron chi connectivity index (χ1n) is 7.33. The smallest absolute Gasteiger partial charge is 0.130 e. The lowest BCUT2D eigenvalue weighted by Gasteiger charge is -2.19. The Hall–Kier alpha value is -2.35. The van der Waals surface area contributed by atoms with E-state index in [2.05, 4.69) is 68.6 Å². The van der Waals surface area contributed by atoms with Crippen LogP contribution in [0.25, 0.3) is 10.9 Å². The molecular formula is C19H20N2. The number of benzene rings is 2. The fraction of sp³-hybridized carbons (Fsp3) is 0.211. The lowest BCUT2D eigenvalue weighted by Crippen LogP contribution is -2.10. The van der Waals surface area contributed by atoms with Crippen molar-refractivity contribution in [3.8, 4) is 0 Å². The Balaban J connectivity index is 1.94. The van der Waals surface area contributed by atoms with Gasteiger partial charge in [0.2, 0.25) is 0 Å². The SMILES string of the molecule is Cc1ccccc1C(C)Nc1nc2ccccc2cc1C. The number of hydrogen-bond acceptors (Lipinski definition) is 2. The molecule has 0 bridgehead atoms. The summed E-state index contributed by atoms with van der Waals surface area (Å²) in [4.78, 5) is 4.76. The molecule has 3 aromatic rings. The molecule has 0 amide bonds. The number of hydrogen-bond donors (Lipinski definition) is 1. The first-order valence-corrected chi connectivity index (χ1v) is 7.33. The highest BCUT2D eigenvalue weighted by molar-refractivity contribution is 5.81. The van der Waals surface area contributed by atoms with Crippen molar-refractivity contribution in [2.75, 3.05) is 5.32 Å². The van der Waals surface area contributed by atoms with Crippen molar-refractivity contribution in [3.05, 3.63) is 71.3 Å². The van der Waals surface area contributed by atoms with E-state index in [-0.39, 0.29) is 6.04 Å². The molecule has 2 heteroatoms. The van der Waals surface area contributed by atoms with Gasteiger partial charge in [-0.05, 0) is 49.6 Å². The summed E-state index contributed by atoms with van der Waals surface area (Å²) in [6, 6.07) is 19.1. The van der Waals surface area contributed by atoms with Gasteiger partial charge in [0.15, 0.2) is 0 Å². The van der Waals surface area contributed by atoms with Crippen LogP contribution in [0, 0.1) is 13.8 Å². The maximum Gasteiger partial charge on any atom is 0.130 e. The Labute approximate surface area is 125 Å². The van der Waals surface area contributed by atoms with Crippen molar-refractivity contribution < 1.29 is 0 Å². The predicted molar refractivity (Wildman–Crippen MR) is 89.7 cm³/mol. The Morgan fingerprint density at radius 3 is 2.43 bits per heavy atom. The van der Waals surface area contributed by atoms with Crippen LogP contribution in [0.15, 0.2) is 54.6 Å². The zero-order valence-corrected chi connectivity index (χ0v) is 12.7. The minimum atomic E-state index is 0.235. The van der Waals surface area contributed by atoms with E-state index in [1.165, 1.54) is 22.1 Å². The average molecular weight is 276 g/mol. The minimum absolute atomic E-state index is 0.235. The molecule has 0 radical (unpaired) electrons. The monoisotopic (exact) mass is 276 g/mol. The molecule has 1 heterocycles. The number of fused-ring (bicyclic) bond motifs is 1. The van der Waals surface area contributed by atoms with Crippen molar-refractivity contribution in [1.82, 2.24) is 4.98 Å². The Morgan fingerprint density at radius 1 is 0.905 bits per heavy atom. The molecule has 106 valence electrons. The molecule has 0 fully saturated rings. The number of nitrogens with one attached hydrogen (secondary N) is 1. The normalized spacial score (nSPS) is 12.3. The third-order valence-electron chi connectivity index (χ3n) is 3.92. The van der Waals surface area contributed by atoms with Gasteiger partial charge in [-0.3, -0.25) is 0 Å². The second kappa shape index (κ2) is 5.57. The van der Waals surface area contributed by atoms with E-state index in [9.17, 15) is 0 Å². The lowest BCUT2D eigenvalue weighted by atomic mass is 10.0. The molecular weight excluding hydrogens is 256 g/mol.